The van der Waals surface area contributed by atoms with Crippen molar-refractivity contribution < 1.29 is 29.3 Å². The summed E-state index contributed by atoms with van der Waals surface area (Å²) >= 11 is 0. The zero-order valence-corrected chi connectivity index (χ0v) is 17.7. The third kappa shape index (κ3) is 5.23. The number of piperazine rings is 1. The molecule has 3 unspecified atom stereocenters. The number of carboxylic acid groups (broad SMARTS) is 2. The molecule has 2 N–H and O–H groups in total. The van der Waals surface area contributed by atoms with Gasteiger partial charge in [0.2, 0.25) is 0 Å². The summed E-state index contributed by atoms with van der Waals surface area (Å²) in [5, 5.41) is 14.8. The van der Waals surface area contributed by atoms with E-state index in [1.807, 2.05) is 6.07 Å². The van der Waals surface area contributed by atoms with Gasteiger partial charge in [-0.25, -0.2) is 9.59 Å². The molecule has 0 amide bonds. The van der Waals surface area contributed by atoms with E-state index in [1.165, 1.54) is 44.3 Å². The molecule has 1 heterocycles. The highest BCUT2D eigenvalue weighted by atomic mass is 16.5. The zero-order valence-electron chi connectivity index (χ0n) is 17.7. The van der Waals surface area contributed by atoms with Gasteiger partial charge in [-0.2, -0.15) is 0 Å². The Bertz CT molecular complexity index is 735. The van der Waals surface area contributed by atoms with Gasteiger partial charge in [-0.3, -0.25) is 9.80 Å². The minimum absolute atomic E-state index is 0.829. The molecule has 3 aliphatic rings. The zero-order chi connectivity index (χ0) is 21.7. The predicted molar refractivity (Wildman–Crippen MR) is 111 cm³/mol. The Kier molecular flexibility index (Phi) is 7.55. The van der Waals surface area contributed by atoms with Gasteiger partial charge in [0, 0.05) is 44.3 Å². The van der Waals surface area contributed by atoms with Gasteiger partial charge < -0.3 is 19.7 Å². The lowest BCUT2D eigenvalue weighted by Crippen LogP contribution is -2.51. The number of ether oxygens (including phenoxy) is 2. The fourth-order valence-electron chi connectivity index (χ4n) is 5.23. The van der Waals surface area contributed by atoms with E-state index in [0.29, 0.717) is 0 Å². The van der Waals surface area contributed by atoms with Crippen LogP contribution in [-0.2, 0) is 16.1 Å². The van der Waals surface area contributed by atoms with Gasteiger partial charge in [0.1, 0.15) is 0 Å². The average Bonchev–Trinajstić information content (AvgIpc) is 3.38. The molecule has 2 aliphatic carbocycles. The summed E-state index contributed by atoms with van der Waals surface area (Å²) < 4.78 is 11.0. The summed E-state index contributed by atoms with van der Waals surface area (Å²) in [5.41, 5.74) is 1.23. The largest absolute Gasteiger partial charge is 0.493 e. The molecule has 4 rings (SSSR count). The number of hydrogen-bond donors (Lipinski definition) is 2. The molecule has 3 fully saturated rings. The van der Waals surface area contributed by atoms with Gasteiger partial charge in [-0.1, -0.05) is 18.6 Å². The molecule has 0 spiro atoms. The maximum Gasteiger partial charge on any atom is 0.414 e. The van der Waals surface area contributed by atoms with Crippen molar-refractivity contribution in [1.29, 1.82) is 0 Å². The second-order valence-corrected chi connectivity index (χ2v) is 8.32. The van der Waals surface area contributed by atoms with Crippen LogP contribution in [0.3, 0.4) is 0 Å². The molecular weight excluding hydrogens is 388 g/mol. The second kappa shape index (κ2) is 10.1. The van der Waals surface area contributed by atoms with Crippen LogP contribution in [0.4, 0.5) is 0 Å². The number of para-hydroxylation sites is 1. The van der Waals surface area contributed by atoms with Crippen molar-refractivity contribution in [1.82, 2.24) is 9.80 Å². The first-order valence-electron chi connectivity index (χ1n) is 10.5. The first-order chi connectivity index (χ1) is 14.4. The summed E-state index contributed by atoms with van der Waals surface area (Å²) in [4.78, 5) is 23.5. The Morgan fingerprint density at radius 2 is 1.70 bits per heavy atom. The van der Waals surface area contributed by atoms with E-state index < -0.39 is 11.9 Å². The monoisotopic (exact) mass is 420 g/mol. The molecule has 8 heteroatoms. The lowest BCUT2D eigenvalue weighted by Gasteiger charge is -2.41. The molecule has 8 nitrogen and oxygen atoms in total. The van der Waals surface area contributed by atoms with Crippen LogP contribution in [0.2, 0.25) is 0 Å². The van der Waals surface area contributed by atoms with Crippen LogP contribution in [0.25, 0.3) is 0 Å². The number of aliphatic carboxylic acids is 2. The summed E-state index contributed by atoms with van der Waals surface area (Å²) in [6.45, 7) is 5.72. The lowest BCUT2D eigenvalue weighted by molar-refractivity contribution is -0.159. The maximum atomic E-state index is 9.10. The molecule has 30 heavy (non-hydrogen) atoms. The lowest BCUT2D eigenvalue weighted by atomic mass is 9.93. The van der Waals surface area contributed by atoms with Crippen molar-refractivity contribution in [3.8, 4) is 11.5 Å². The number of hydrogen-bond acceptors (Lipinski definition) is 6. The third-order valence-corrected chi connectivity index (χ3v) is 6.64. The topological polar surface area (TPSA) is 99.5 Å². The predicted octanol–water partition coefficient (Wildman–Crippen LogP) is 2.17. The van der Waals surface area contributed by atoms with Crippen LogP contribution >= 0.6 is 0 Å². The van der Waals surface area contributed by atoms with Gasteiger partial charge >= 0.3 is 11.9 Å². The standard InChI is InChI=1S/C20H30N2O2.C2H2O4/c1-23-19-5-3-4-17(20(19)24-2)14-21-8-10-22(11-9-21)18-13-15-6-7-16(18)12-15;3-1(4)2(5)6/h3-5,15-16,18H,6-14H2,1-2H3;(H,3,4)(H,5,6). The fourth-order valence-corrected chi connectivity index (χ4v) is 5.23. The Morgan fingerprint density at radius 3 is 2.20 bits per heavy atom. The molecular formula is C22H32N2O6. The minimum atomic E-state index is -1.82. The molecule has 2 saturated carbocycles. The van der Waals surface area contributed by atoms with E-state index in [-0.39, 0.29) is 0 Å². The maximum absolute atomic E-state index is 9.10. The molecule has 0 radical (unpaired) electrons. The number of nitrogens with zero attached hydrogens (tertiary/aromatic N) is 2. The minimum Gasteiger partial charge on any atom is -0.493 e. The number of rotatable bonds is 5. The van der Waals surface area contributed by atoms with Crippen LogP contribution in [0.15, 0.2) is 18.2 Å². The average molecular weight is 421 g/mol. The Labute approximate surface area is 177 Å². The Morgan fingerprint density at radius 1 is 1.00 bits per heavy atom. The highest BCUT2D eigenvalue weighted by Gasteiger charge is 2.42. The van der Waals surface area contributed by atoms with Crippen LogP contribution in [-0.4, -0.2) is 78.4 Å². The third-order valence-electron chi connectivity index (χ3n) is 6.64. The number of carbonyl (C=O) groups is 2. The van der Waals surface area contributed by atoms with E-state index in [9.17, 15) is 0 Å². The van der Waals surface area contributed by atoms with E-state index in [0.717, 1.165) is 49.0 Å². The molecule has 1 saturated heterocycles. The molecule has 1 aromatic carbocycles. The molecule has 2 bridgehead atoms. The number of fused-ring (bicyclic) bond motifs is 2. The van der Waals surface area contributed by atoms with Crippen molar-refractivity contribution in [3.63, 3.8) is 0 Å². The van der Waals surface area contributed by atoms with Crippen molar-refractivity contribution in [2.45, 2.75) is 38.3 Å². The molecule has 166 valence electrons. The first kappa shape index (κ1) is 22.4. The molecule has 1 aliphatic heterocycles. The van der Waals surface area contributed by atoms with Crippen LogP contribution in [0, 0.1) is 11.8 Å². The molecule has 0 aromatic heterocycles. The summed E-state index contributed by atoms with van der Waals surface area (Å²) in [6.07, 6.45) is 5.95. The highest BCUT2D eigenvalue weighted by Crippen LogP contribution is 2.46. The van der Waals surface area contributed by atoms with Crippen molar-refractivity contribution in [2.24, 2.45) is 11.8 Å². The van der Waals surface area contributed by atoms with Gasteiger partial charge in [-0.15, -0.1) is 0 Å². The van der Waals surface area contributed by atoms with Crippen LogP contribution < -0.4 is 9.47 Å². The van der Waals surface area contributed by atoms with Crippen molar-refractivity contribution >= 4 is 11.9 Å². The van der Waals surface area contributed by atoms with E-state index in [2.05, 4.69) is 21.9 Å². The normalized spacial score (nSPS) is 26.0. The number of carboxylic acids is 2. The van der Waals surface area contributed by atoms with E-state index in [4.69, 9.17) is 29.3 Å². The SMILES string of the molecule is COc1cccc(CN2CCN(C3CC4CCC3C4)CC2)c1OC.O=C(O)C(=O)O. The molecule has 3 atom stereocenters. The second-order valence-electron chi connectivity index (χ2n) is 8.32. The fraction of sp³-hybridized carbons (Fsp3) is 0.636. The van der Waals surface area contributed by atoms with Gasteiger partial charge in [0.25, 0.3) is 0 Å². The van der Waals surface area contributed by atoms with Gasteiger partial charge in [0.05, 0.1) is 14.2 Å². The Balaban J connectivity index is 0.000000377. The highest BCUT2D eigenvalue weighted by molar-refractivity contribution is 6.27. The Hall–Kier alpha value is -2.32. The van der Waals surface area contributed by atoms with E-state index in [1.54, 1.807) is 14.2 Å². The first-order valence-corrected chi connectivity index (χ1v) is 10.5. The van der Waals surface area contributed by atoms with E-state index >= 15 is 0 Å². The van der Waals surface area contributed by atoms with Crippen LogP contribution in [0.1, 0.15) is 31.2 Å². The number of benzene rings is 1. The van der Waals surface area contributed by atoms with Crippen molar-refractivity contribution in [2.75, 3.05) is 40.4 Å². The van der Waals surface area contributed by atoms with Gasteiger partial charge in [0.15, 0.2) is 11.5 Å². The summed E-state index contributed by atoms with van der Waals surface area (Å²) in [6, 6.07) is 7.07. The smallest absolute Gasteiger partial charge is 0.414 e. The van der Waals surface area contributed by atoms with Crippen LogP contribution in [0.5, 0.6) is 11.5 Å². The van der Waals surface area contributed by atoms with Gasteiger partial charge in [-0.05, 0) is 37.2 Å². The van der Waals surface area contributed by atoms with Crippen molar-refractivity contribution in [3.05, 3.63) is 23.8 Å². The quantitative estimate of drug-likeness (QED) is 0.699. The number of methoxy groups -OCH3 is 2. The summed E-state index contributed by atoms with van der Waals surface area (Å²) in [5.74, 6) is 0.107. The summed E-state index contributed by atoms with van der Waals surface area (Å²) in [7, 11) is 3.43. The molecule has 1 aromatic rings.